The summed E-state index contributed by atoms with van der Waals surface area (Å²) >= 11 is 0. The summed E-state index contributed by atoms with van der Waals surface area (Å²) in [5.74, 6) is 1.28. The van der Waals surface area contributed by atoms with Crippen LogP contribution in [0.25, 0.3) is 11.0 Å². The number of para-hydroxylation sites is 2. The highest BCUT2D eigenvalue weighted by atomic mass is 19.4. The molecule has 0 bridgehead atoms. The van der Waals surface area contributed by atoms with Gasteiger partial charge in [-0.15, -0.1) is 0 Å². The van der Waals surface area contributed by atoms with E-state index >= 15 is 0 Å². The van der Waals surface area contributed by atoms with Crippen LogP contribution in [-0.4, -0.2) is 73.1 Å². The van der Waals surface area contributed by atoms with Gasteiger partial charge in [0.2, 0.25) is 5.95 Å². The van der Waals surface area contributed by atoms with Crippen molar-refractivity contribution in [2.24, 2.45) is 0 Å². The number of hydrogen-bond donors (Lipinski definition) is 3. The van der Waals surface area contributed by atoms with Crippen molar-refractivity contribution in [3.8, 4) is 0 Å². The first kappa shape index (κ1) is 24.0. The molecule has 1 aromatic carbocycles. The highest BCUT2D eigenvalue weighted by Gasteiger charge is 2.38. The maximum atomic E-state index is 13.0. The predicted molar refractivity (Wildman–Crippen MR) is 124 cm³/mol. The van der Waals surface area contributed by atoms with Crippen LogP contribution in [0.5, 0.6) is 0 Å². The van der Waals surface area contributed by atoms with E-state index in [1.54, 1.807) is 4.90 Å². The number of rotatable bonds is 5. The highest BCUT2D eigenvalue weighted by Crippen LogP contribution is 2.33. The molecule has 0 amide bonds. The van der Waals surface area contributed by atoms with E-state index < -0.39 is 23.7 Å². The molecule has 188 valence electrons. The van der Waals surface area contributed by atoms with Crippen molar-refractivity contribution < 1.29 is 23.4 Å². The van der Waals surface area contributed by atoms with E-state index in [9.17, 15) is 23.4 Å². The molecule has 3 N–H and O–H groups in total. The van der Waals surface area contributed by atoms with Crippen LogP contribution in [-0.2, 0) is 6.18 Å². The number of nitrogens with zero attached hydrogens (tertiary/aromatic N) is 5. The summed E-state index contributed by atoms with van der Waals surface area (Å²) in [5, 5.41) is 21.9. The van der Waals surface area contributed by atoms with Crippen molar-refractivity contribution >= 4 is 17.0 Å². The first-order valence-corrected chi connectivity index (χ1v) is 11.9. The van der Waals surface area contributed by atoms with Gasteiger partial charge in [-0.05, 0) is 43.9 Å². The number of anilines is 1. The number of alkyl halides is 3. The number of H-pyrrole nitrogens is 1. The van der Waals surface area contributed by atoms with Gasteiger partial charge in [-0.25, -0.2) is 15.0 Å². The second kappa shape index (κ2) is 9.36. The molecule has 4 heterocycles. The van der Waals surface area contributed by atoms with Crippen molar-refractivity contribution in [1.29, 1.82) is 0 Å². The molecule has 11 heteroatoms. The fourth-order valence-electron chi connectivity index (χ4n) is 5.09. The van der Waals surface area contributed by atoms with E-state index in [1.165, 1.54) is 0 Å². The molecule has 0 aliphatic carbocycles. The van der Waals surface area contributed by atoms with Gasteiger partial charge < -0.3 is 20.1 Å². The monoisotopic (exact) mass is 490 g/mol. The Bertz CT molecular complexity index is 1120. The summed E-state index contributed by atoms with van der Waals surface area (Å²) in [5.41, 5.74) is -0.0967. The van der Waals surface area contributed by atoms with Gasteiger partial charge in [0.25, 0.3) is 0 Å². The number of aromatic amines is 1. The Morgan fingerprint density at radius 3 is 2.46 bits per heavy atom. The predicted octanol–water partition coefficient (Wildman–Crippen LogP) is 3.29. The minimum Gasteiger partial charge on any atom is -0.390 e. The Kier molecular flexibility index (Phi) is 6.41. The Hall–Kier alpha value is -2.76. The van der Waals surface area contributed by atoms with Crippen molar-refractivity contribution in [2.45, 2.75) is 56.0 Å². The van der Waals surface area contributed by atoms with Gasteiger partial charge in [-0.3, -0.25) is 4.90 Å². The van der Waals surface area contributed by atoms with E-state index in [2.05, 4.69) is 15.0 Å². The third-order valence-electron chi connectivity index (χ3n) is 7.22. The quantitative estimate of drug-likeness (QED) is 0.505. The zero-order chi connectivity index (χ0) is 24.6. The molecule has 2 aliphatic rings. The third-order valence-corrected chi connectivity index (χ3v) is 7.22. The molecule has 5 rings (SSSR count). The molecule has 35 heavy (non-hydrogen) atoms. The maximum Gasteiger partial charge on any atom is 0.433 e. The van der Waals surface area contributed by atoms with Crippen LogP contribution in [0, 0.1) is 0 Å². The molecule has 1 atom stereocenters. The minimum absolute atomic E-state index is 0.00934. The Labute approximate surface area is 200 Å². The van der Waals surface area contributed by atoms with Crippen molar-refractivity contribution in [3.63, 3.8) is 0 Å². The fraction of sp³-hybridized carbons (Fsp3) is 0.542. The lowest BCUT2D eigenvalue weighted by Gasteiger charge is -2.42. The van der Waals surface area contributed by atoms with Crippen LogP contribution in [0.3, 0.4) is 0 Å². The zero-order valence-corrected chi connectivity index (χ0v) is 19.2. The van der Waals surface area contributed by atoms with Crippen LogP contribution < -0.4 is 4.90 Å². The van der Waals surface area contributed by atoms with Crippen LogP contribution in [0.2, 0.25) is 0 Å². The van der Waals surface area contributed by atoms with Gasteiger partial charge >= 0.3 is 6.18 Å². The number of nitrogens with one attached hydrogen (secondary N) is 1. The van der Waals surface area contributed by atoms with E-state index in [0.717, 1.165) is 42.0 Å². The largest absolute Gasteiger partial charge is 0.433 e. The van der Waals surface area contributed by atoms with Gasteiger partial charge in [0, 0.05) is 44.7 Å². The second-order valence-corrected chi connectivity index (χ2v) is 9.59. The molecule has 0 saturated carbocycles. The van der Waals surface area contributed by atoms with Crippen molar-refractivity contribution in [2.75, 3.05) is 31.1 Å². The lowest BCUT2D eigenvalue weighted by atomic mass is 9.86. The molecule has 2 aliphatic heterocycles. The van der Waals surface area contributed by atoms with Gasteiger partial charge in [-0.2, -0.15) is 13.2 Å². The molecule has 8 nitrogen and oxygen atoms in total. The summed E-state index contributed by atoms with van der Waals surface area (Å²) < 4.78 is 38.9. The Morgan fingerprint density at radius 2 is 1.77 bits per heavy atom. The SMILES string of the molecule is OC(CC1(O)CCN(c2nccc(C(F)(F)F)n2)CC1)N1CCC(c2nc3ccccc3[nH]2)CC1. The molecule has 0 spiro atoms. The molecule has 0 radical (unpaired) electrons. The van der Waals surface area contributed by atoms with Crippen molar-refractivity contribution in [3.05, 3.63) is 48.0 Å². The third kappa shape index (κ3) is 5.26. The number of piperidine rings is 2. The van der Waals surface area contributed by atoms with E-state index in [0.29, 0.717) is 44.9 Å². The molecule has 2 aromatic heterocycles. The molecule has 1 unspecified atom stereocenters. The smallest absolute Gasteiger partial charge is 0.390 e. The minimum atomic E-state index is -4.53. The van der Waals surface area contributed by atoms with Crippen LogP contribution in [0.1, 0.15) is 49.5 Å². The number of halogens is 3. The van der Waals surface area contributed by atoms with Gasteiger partial charge in [-0.1, -0.05) is 12.1 Å². The average Bonchev–Trinajstić information content (AvgIpc) is 3.28. The highest BCUT2D eigenvalue weighted by molar-refractivity contribution is 5.74. The second-order valence-electron chi connectivity index (χ2n) is 9.59. The molecule has 2 fully saturated rings. The van der Waals surface area contributed by atoms with E-state index in [-0.39, 0.29) is 12.4 Å². The van der Waals surface area contributed by atoms with E-state index in [4.69, 9.17) is 4.98 Å². The number of aliphatic hydroxyl groups is 2. The summed E-state index contributed by atoms with van der Waals surface area (Å²) in [7, 11) is 0. The lowest BCUT2D eigenvalue weighted by molar-refractivity contribution is -0.141. The van der Waals surface area contributed by atoms with E-state index in [1.807, 2.05) is 29.2 Å². The first-order valence-electron chi connectivity index (χ1n) is 11.9. The Morgan fingerprint density at radius 1 is 1.06 bits per heavy atom. The summed E-state index contributed by atoms with van der Waals surface area (Å²) in [6.45, 7) is 2.03. The number of hydrogen-bond acceptors (Lipinski definition) is 7. The number of aromatic nitrogens is 4. The topological polar surface area (TPSA) is 101 Å². The summed E-state index contributed by atoms with van der Waals surface area (Å²) in [6.07, 6.45) is -1.67. The number of fused-ring (bicyclic) bond motifs is 1. The first-order chi connectivity index (χ1) is 16.7. The standard InChI is InChI=1S/C24H29F3N6O2/c25-24(26,27)19-5-10-28-22(31-19)33-13-8-23(35,9-14-33)15-20(34)32-11-6-16(7-12-32)21-29-17-3-1-2-4-18(17)30-21/h1-5,10,16,20,34-35H,6-9,11-15H2,(H,29,30). The van der Waals surface area contributed by atoms with Crippen molar-refractivity contribution in [1.82, 2.24) is 24.8 Å². The molecule has 3 aromatic rings. The van der Waals surface area contributed by atoms with Gasteiger partial charge in [0.15, 0.2) is 0 Å². The summed E-state index contributed by atoms with van der Waals surface area (Å²) in [6, 6.07) is 8.78. The fourth-order valence-corrected chi connectivity index (χ4v) is 5.09. The lowest BCUT2D eigenvalue weighted by Crippen LogP contribution is -2.50. The molecular formula is C24H29F3N6O2. The van der Waals surface area contributed by atoms with Crippen LogP contribution >= 0.6 is 0 Å². The normalized spacial score (nSPS) is 20.9. The van der Waals surface area contributed by atoms with Crippen LogP contribution in [0.4, 0.5) is 19.1 Å². The number of likely N-dealkylation sites (tertiary alicyclic amines) is 1. The van der Waals surface area contributed by atoms with Crippen LogP contribution in [0.15, 0.2) is 36.5 Å². The average molecular weight is 491 g/mol. The Balaban J connectivity index is 1.13. The molecular weight excluding hydrogens is 461 g/mol. The zero-order valence-electron chi connectivity index (χ0n) is 19.2. The number of imidazole rings is 1. The number of benzene rings is 1. The maximum absolute atomic E-state index is 13.0. The summed E-state index contributed by atoms with van der Waals surface area (Å²) in [4.78, 5) is 19.4. The number of aliphatic hydroxyl groups excluding tert-OH is 1. The van der Waals surface area contributed by atoms with Gasteiger partial charge in [0.05, 0.1) is 16.6 Å². The van der Waals surface area contributed by atoms with Gasteiger partial charge in [0.1, 0.15) is 17.7 Å². The molecule has 2 saturated heterocycles.